The lowest BCUT2D eigenvalue weighted by Gasteiger charge is -2.36. The minimum atomic E-state index is -0.271. The van der Waals surface area contributed by atoms with Crippen molar-refractivity contribution in [2.45, 2.75) is 51.0 Å². The fraction of sp³-hybridized carbons (Fsp3) is 0.579. The van der Waals surface area contributed by atoms with Crippen LogP contribution >= 0.6 is 12.4 Å². The minimum Gasteiger partial charge on any atom is -0.354 e. The van der Waals surface area contributed by atoms with Crippen LogP contribution in [0.15, 0.2) is 24.3 Å². The summed E-state index contributed by atoms with van der Waals surface area (Å²) in [6.07, 6.45) is 3.46. The number of likely N-dealkylation sites (tertiary alicyclic amines) is 1. The first-order valence-electron chi connectivity index (χ1n) is 9.03. The van der Waals surface area contributed by atoms with Gasteiger partial charge in [0.15, 0.2) is 0 Å². The van der Waals surface area contributed by atoms with Crippen molar-refractivity contribution in [3.63, 3.8) is 0 Å². The van der Waals surface area contributed by atoms with E-state index in [1.807, 2.05) is 11.8 Å². The Morgan fingerprint density at radius 3 is 2.77 bits per heavy atom. The molecule has 0 radical (unpaired) electrons. The van der Waals surface area contributed by atoms with Crippen molar-refractivity contribution in [3.8, 4) is 0 Å². The normalized spacial score (nSPS) is 18.0. The maximum absolute atomic E-state index is 13.9. The number of amides is 2. The number of rotatable bonds is 7. The van der Waals surface area contributed by atoms with E-state index >= 15 is 0 Å². The molecule has 5 nitrogen and oxygen atoms in total. The molecule has 7 heteroatoms. The lowest BCUT2D eigenvalue weighted by molar-refractivity contribution is -0.135. The average molecular weight is 386 g/mol. The van der Waals surface area contributed by atoms with Crippen LogP contribution in [0.25, 0.3) is 0 Å². The number of hydrogen-bond donors (Lipinski definition) is 2. The van der Waals surface area contributed by atoms with Gasteiger partial charge in [0, 0.05) is 38.5 Å². The number of carbonyl (C=O) groups excluding carboxylic acids is 2. The average Bonchev–Trinajstić information content (AvgIpc) is 2.60. The van der Waals surface area contributed by atoms with Gasteiger partial charge in [-0.05, 0) is 36.8 Å². The first-order chi connectivity index (χ1) is 12.0. The zero-order valence-electron chi connectivity index (χ0n) is 15.2. The maximum Gasteiger partial charge on any atom is 0.223 e. The van der Waals surface area contributed by atoms with Crippen molar-refractivity contribution in [1.29, 1.82) is 0 Å². The molecule has 0 aromatic heterocycles. The van der Waals surface area contributed by atoms with Crippen molar-refractivity contribution in [1.82, 2.24) is 10.2 Å². The van der Waals surface area contributed by atoms with Gasteiger partial charge >= 0.3 is 0 Å². The molecule has 3 N–H and O–H groups in total. The van der Waals surface area contributed by atoms with Crippen molar-refractivity contribution in [2.24, 2.45) is 5.73 Å². The number of halogens is 2. The Balaban J connectivity index is 0.00000338. The Kier molecular flexibility index (Phi) is 9.59. The van der Waals surface area contributed by atoms with Crippen LogP contribution in [0.3, 0.4) is 0 Å². The van der Waals surface area contributed by atoms with Gasteiger partial charge in [0.25, 0.3) is 0 Å². The van der Waals surface area contributed by atoms with Crippen LogP contribution in [-0.4, -0.2) is 42.4 Å². The number of nitrogens with one attached hydrogen (secondary N) is 1. The smallest absolute Gasteiger partial charge is 0.223 e. The molecule has 26 heavy (non-hydrogen) atoms. The van der Waals surface area contributed by atoms with Crippen molar-refractivity contribution < 1.29 is 14.0 Å². The monoisotopic (exact) mass is 385 g/mol. The Morgan fingerprint density at radius 1 is 1.35 bits per heavy atom. The number of nitrogens with two attached hydrogens (primary N) is 1. The summed E-state index contributed by atoms with van der Waals surface area (Å²) in [5.41, 5.74) is 5.95. The lowest BCUT2D eigenvalue weighted by Crippen LogP contribution is -2.49. The Bertz CT molecular complexity index is 600. The van der Waals surface area contributed by atoms with Gasteiger partial charge < -0.3 is 16.0 Å². The largest absolute Gasteiger partial charge is 0.354 e. The highest BCUT2D eigenvalue weighted by Crippen LogP contribution is 2.25. The summed E-state index contributed by atoms with van der Waals surface area (Å²) < 4.78 is 13.9. The fourth-order valence-electron chi connectivity index (χ4n) is 3.36. The molecule has 2 amide bonds. The van der Waals surface area contributed by atoms with Crippen molar-refractivity contribution >= 4 is 24.2 Å². The second kappa shape index (κ2) is 11.1. The van der Waals surface area contributed by atoms with E-state index in [-0.39, 0.29) is 48.4 Å². The van der Waals surface area contributed by atoms with Crippen LogP contribution in [-0.2, 0) is 9.59 Å². The molecule has 0 bridgehead atoms. The lowest BCUT2D eigenvalue weighted by atomic mass is 9.95. The van der Waals surface area contributed by atoms with Gasteiger partial charge in [0.2, 0.25) is 11.8 Å². The molecule has 2 atom stereocenters. The third-order valence-corrected chi connectivity index (χ3v) is 4.77. The predicted molar refractivity (Wildman–Crippen MR) is 103 cm³/mol. The summed E-state index contributed by atoms with van der Waals surface area (Å²) in [4.78, 5) is 26.2. The number of carbonyl (C=O) groups is 2. The molecule has 1 fully saturated rings. The molecular formula is C19H29ClFN3O2. The molecule has 146 valence electrons. The number of piperidine rings is 1. The number of benzene rings is 1. The number of nitrogens with zero attached hydrogens (tertiary/aromatic N) is 1. The van der Waals surface area contributed by atoms with Crippen LogP contribution in [0.5, 0.6) is 0 Å². The zero-order valence-corrected chi connectivity index (χ0v) is 16.1. The van der Waals surface area contributed by atoms with Gasteiger partial charge in [-0.15, -0.1) is 12.4 Å². The zero-order chi connectivity index (χ0) is 18.2. The summed E-state index contributed by atoms with van der Waals surface area (Å²) in [5, 5.41) is 2.86. The second-order valence-corrected chi connectivity index (χ2v) is 6.71. The quantitative estimate of drug-likeness (QED) is 0.757. The molecule has 1 heterocycles. The van der Waals surface area contributed by atoms with Crippen LogP contribution < -0.4 is 11.1 Å². The van der Waals surface area contributed by atoms with Gasteiger partial charge in [0.1, 0.15) is 5.82 Å². The molecule has 1 aliphatic rings. The molecular weight excluding hydrogens is 357 g/mol. The Morgan fingerprint density at radius 2 is 2.08 bits per heavy atom. The highest BCUT2D eigenvalue weighted by atomic mass is 35.5. The van der Waals surface area contributed by atoms with E-state index in [4.69, 9.17) is 5.73 Å². The SMILES string of the molecule is CC(CC(=O)N1CCCCC1CNC(=O)CCN)c1ccccc1F.Cl. The fourth-order valence-corrected chi connectivity index (χ4v) is 3.36. The van der Waals surface area contributed by atoms with Crippen molar-refractivity contribution in [2.75, 3.05) is 19.6 Å². The van der Waals surface area contributed by atoms with Crippen LogP contribution in [0.2, 0.25) is 0 Å². The van der Waals surface area contributed by atoms with E-state index in [1.165, 1.54) is 6.07 Å². The van der Waals surface area contributed by atoms with Crippen LogP contribution in [0.4, 0.5) is 4.39 Å². The molecule has 1 aliphatic heterocycles. The van der Waals surface area contributed by atoms with Crippen LogP contribution in [0.1, 0.15) is 50.5 Å². The third-order valence-electron chi connectivity index (χ3n) is 4.77. The summed E-state index contributed by atoms with van der Waals surface area (Å²) in [6.45, 7) is 3.34. The molecule has 2 rings (SSSR count). The minimum absolute atomic E-state index is 0. The third kappa shape index (κ3) is 6.25. The van der Waals surface area contributed by atoms with Gasteiger partial charge in [-0.3, -0.25) is 9.59 Å². The highest BCUT2D eigenvalue weighted by molar-refractivity contribution is 5.85. The van der Waals surface area contributed by atoms with Gasteiger partial charge in [-0.1, -0.05) is 25.1 Å². The molecule has 0 aliphatic carbocycles. The summed E-state index contributed by atoms with van der Waals surface area (Å²) in [6, 6.07) is 6.60. The van der Waals surface area contributed by atoms with E-state index in [0.29, 0.717) is 31.6 Å². The first-order valence-corrected chi connectivity index (χ1v) is 9.03. The van der Waals surface area contributed by atoms with E-state index in [9.17, 15) is 14.0 Å². The molecule has 1 aromatic rings. The topological polar surface area (TPSA) is 75.4 Å². The van der Waals surface area contributed by atoms with Crippen LogP contribution in [0, 0.1) is 5.82 Å². The van der Waals surface area contributed by atoms with E-state index in [0.717, 1.165) is 19.3 Å². The first kappa shape index (κ1) is 22.4. The van der Waals surface area contributed by atoms with Gasteiger partial charge in [0.05, 0.1) is 0 Å². The van der Waals surface area contributed by atoms with E-state index in [2.05, 4.69) is 5.32 Å². The standard InChI is InChI=1S/C19H28FN3O2.ClH/c1-14(16-7-2-3-8-17(16)20)12-19(25)23-11-5-4-6-15(23)13-22-18(24)9-10-21;/h2-3,7-8,14-15H,4-6,9-13,21H2,1H3,(H,22,24);1H. The maximum atomic E-state index is 13.9. The summed E-state index contributed by atoms with van der Waals surface area (Å²) >= 11 is 0. The Labute approximate surface area is 160 Å². The van der Waals surface area contributed by atoms with Gasteiger partial charge in [-0.2, -0.15) is 0 Å². The predicted octanol–water partition coefficient (Wildman–Crippen LogP) is 2.59. The summed E-state index contributed by atoms with van der Waals surface area (Å²) in [7, 11) is 0. The molecule has 1 aromatic carbocycles. The van der Waals surface area contributed by atoms with E-state index < -0.39 is 0 Å². The molecule has 1 saturated heterocycles. The second-order valence-electron chi connectivity index (χ2n) is 6.71. The van der Waals surface area contributed by atoms with Crippen molar-refractivity contribution in [3.05, 3.63) is 35.6 Å². The van der Waals surface area contributed by atoms with E-state index in [1.54, 1.807) is 18.2 Å². The molecule has 0 saturated carbocycles. The van der Waals surface area contributed by atoms with Gasteiger partial charge in [-0.25, -0.2) is 4.39 Å². The summed E-state index contributed by atoms with van der Waals surface area (Å²) in [5.74, 6) is -0.510. The molecule has 2 unspecified atom stereocenters. The Hall–Kier alpha value is -1.66. The number of hydrogen-bond acceptors (Lipinski definition) is 3. The molecule has 0 spiro atoms. The highest BCUT2D eigenvalue weighted by Gasteiger charge is 2.28.